The number of aliphatic carboxylic acids is 1. The van der Waals surface area contributed by atoms with E-state index in [1.54, 1.807) is 6.92 Å². The molecule has 1 aliphatic heterocycles. The first-order valence-electron chi connectivity index (χ1n) is 9.51. The van der Waals surface area contributed by atoms with E-state index in [-0.39, 0.29) is 18.5 Å². The van der Waals surface area contributed by atoms with Crippen molar-refractivity contribution >= 4 is 11.9 Å². The molecule has 9 nitrogen and oxygen atoms in total. The van der Waals surface area contributed by atoms with Crippen LogP contribution >= 0.6 is 0 Å². The molecule has 3 rings (SSSR count). The number of carboxylic acids is 1. The molecule has 9 heteroatoms. The molecule has 0 aliphatic carbocycles. The van der Waals surface area contributed by atoms with Gasteiger partial charge < -0.3 is 10.0 Å². The molecule has 1 fully saturated rings. The Hall–Kier alpha value is -2.81. The fourth-order valence-corrected chi connectivity index (χ4v) is 3.54. The largest absolute Gasteiger partial charge is 0.480 e. The van der Waals surface area contributed by atoms with Crippen LogP contribution in [0.3, 0.4) is 0 Å². The molecule has 2 heterocycles. The molecule has 1 N–H and O–H groups in total. The van der Waals surface area contributed by atoms with Crippen LogP contribution in [0.15, 0.2) is 30.3 Å². The van der Waals surface area contributed by atoms with Crippen LogP contribution in [0, 0.1) is 0 Å². The van der Waals surface area contributed by atoms with Gasteiger partial charge in [-0.25, -0.2) is 0 Å². The number of rotatable bonds is 6. The van der Waals surface area contributed by atoms with Gasteiger partial charge in [0.1, 0.15) is 6.04 Å². The Morgan fingerprint density at radius 3 is 2.71 bits per heavy atom. The molecule has 2 atom stereocenters. The number of amides is 1. The van der Waals surface area contributed by atoms with Crippen LogP contribution in [0.1, 0.15) is 32.2 Å². The van der Waals surface area contributed by atoms with Gasteiger partial charge in [-0.2, -0.15) is 4.80 Å². The molecule has 2 unspecified atom stereocenters. The molecule has 2 aromatic rings. The van der Waals surface area contributed by atoms with Gasteiger partial charge >= 0.3 is 5.97 Å². The average molecular weight is 386 g/mol. The standard InChI is InChI=1S/C19H26N6O3/c1-14(25-21-18(20-22-25)15-7-4-3-5-8-15)19(28)24-11-6-9-16(10-12-24)23(2)13-17(26)27/h3-5,7-8,14,16H,6,9-13H2,1-2H3,(H,26,27). The van der Waals surface area contributed by atoms with Gasteiger partial charge in [0.2, 0.25) is 11.7 Å². The fraction of sp³-hybridized carbons (Fsp3) is 0.526. The second-order valence-corrected chi connectivity index (χ2v) is 7.19. The quantitative estimate of drug-likeness (QED) is 0.798. The lowest BCUT2D eigenvalue weighted by Gasteiger charge is -2.26. The predicted octanol–water partition coefficient (Wildman–Crippen LogP) is 1.30. The van der Waals surface area contributed by atoms with Gasteiger partial charge in [-0.15, -0.1) is 10.2 Å². The van der Waals surface area contributed by atoms with E-state index in [1.165, 1.54) is 4.80 Å². The Morgan fingerprint density at radius 2 is 2.00 bits per heavy atom. The zero-order chi connectivity index (χ0) is 20.1. The maximum absolute atomic E-state index is 12.9. The van der Waals surface area contributed by atoms with Gasteiger partial charge in [-0.3, -0.25) is 14.5 Å². The Bertz CT molecular complexity index is 809. The zero-order valence-electron chi connectivity index (χ0n) is 16.2. The highest BCUT2D eigenvalue weighted by Gasteiger charge is 2.28. The molecule has 1 saturated heterocycles. The third-order valence-electron chi connectivity index (χ3n) is 5.18. The number of carbonyl (C=O) groups excluding carboxylic acids is 1. The highest BCUT2D eigenvalue weighted by molar-refractivity contribution is 5.79. The molecule has 0 spiro atoms. The van der Waals surface area contributed by atoms with Gasteiger partial charge in [0, 0.05) is 24.7 Å². The Labute approximate surface area is 163 Å². The maximum Gasteiger partial charge on any atom is 0.317 e. The summed E-state index contributed by atoms with van der Waals surface area (Å²) in [6.45, 7) is 3.04. The SMILES string of the molecule is CC(C(=O)N1CCCC(N(C)CC(=O)O)CC1)n1nnc(-c2ccccc2)n1. The molecule has 28 heavy (non-hydrogen) atoms. The third kappa shape index (κ3) is 4.72. The van der Waals surface area contributed by atoms with Crippen molar-refractivity contribution in [1.82, 2.24) is 30.0 Å². The molecule has 1 aliphatic rings. The normalized spacial score (nSPS) is 18.7. The second kappa shape index (κ2) is 8.92. The van der Waals surface area contributed by atoms with Crippen molar-refractivity contribution in [2.75, 3.05) is 26.7 Å². The van der Waals surface area contributed by atoms with Gasteiger partial charge in [0.15, 0.2) is 0 Å². The highest BCUT2D eigenvalue weighted by atomic mass is 16.4. The number of nitrogens with zero attached hydrogens (tertiary/aromatic N) is 6. The Balaban J connectivity index is 1.62. The number of hydrogen-bond donors (Lipinski definition) is 1. The van der Waals surface area contributed by atoms with Crippen LogP contribution in [0.25, 0.3) is 11.4 Å². The summed E-state index contributed by atoms with van der Waals surface area (Å²) >= 11 is 0. The summed E-state index contributed by atoms with van der Waals surface area (Å²) in [6, 6.07) is 9.14. The van der Waals surface area contributed by atoms with E-state index in [1.807, 2.05) is 47.2 Å². The van der Waals surface area contributed by atoms with Gasteiger partial charge in [0.25, 0.3) is 0 Å². The van der Waals surface area contributed by atoms with Gasteiger partial charge in [0.05, 0.1) is 6.54 Å². The number of benzene rings is 1. The number of carbonyl (C=O) groups is 2. The van der Waals surface area contributed by atoms with E-state index in [4.69, 9.17) is 5.11 Å². The van der Waals surface area contributed by atoms with E-state index in [0.717, 1.165) is 24.8 Å². The second-order valence-electron chi connectivity index (χ2n) is 7.19. The highest BCUT2D eigenvalue weighted by Crippen LogP contribution is 2.19. The molecular formula is C19H26N6O3. The van der Waals surface area contributed by atoms with Crippen molar-refractivity contribution in [1.29, 1.82) is 0 Å². The minimum atomic E-state index is -0.834. The first kappa shape index (κ1) is 19.9. The minimum absolute atomic E-state index is 0.0140. The molecule has 1 aromatic heterocycles. The molecule has 0 radical (unpaired) electrons. The third-order valence-corrected chi connectivity index (χ3v) is 5.18. The van der Waals surface area contributed by atoms with Crippen molar-refractivity contribution in [3.63, 3.8) is 0 Å². The van der Waals surface area contributed by atoms with Crippen molar-refractivity contribution < 1.29 is 14.7 Å². The van der Waals surface area contributed by atoms with E-state index in [0.29, 0.717) is 18.9 Å². The molecular weight excluding hydrogens is 360 g/mol. The van der Waals surface area contributed by atoms with E-state index in [9.17, 15) is 9.59 Å². The predicted molar refractivity (Wildman–Crippen MR) is 102 cm³/mol. The van der Waals surface area contributed by atoms with Crippen molar-refractivity contribution in [2.24, 2.45) is 0 Å². The fourth-order valence-electron chi connectivity index (χ4n) is 3.54. The van der Waals surface area contributed by atoms with Gasteiger partial charge in [-0.1, -0.05) is 30.3 Å². The van der Waals surface area contributed by atoms with Crippen LogP contribution in [0.4, 0.5) is 0 Å². The summed E-state index contributed by atoms with van der Waals surface area (Å²) in [4.78, 5) is 28.9. The maximum atomic E-state index is 12.9. The van der Waals surface area contributed by atoms with Crippen molar-refractivity contribution in [2.45, 2.75) is 38.3 Å². The summed E-state index contributed by atoms with van der Waals surface area (Å²) < 4.78 is 0. The van der Waals surface area contributed by atoms with Crippen LogP contribution in [-0.2, 0) is 9.59 Å². The summed E-state index contributed by atoms with van der Waals surface area (Å²) in [6.07, 6.45) is 2.47. The monoisotopic (exact) mass is 386 g/mol. The first-order valence-corrected chi connectivity index (χ1v) is 9.51. The summed E-state index contributed by atoms with van der Waals surface area (Å²) in [5.41, 5.74) is 0.854. The minimum Gasteiger partial charge on any atom is -0.480 e. The summed E-state index contributed by atoms with van der Waals surface area (Å²) in [5, 5.41) is 21.5. The summed E-state index contributed by atoms with van der Waals surface area (Å²) in [7, 11) is 1.82. The smallest absolute Gasteiger partial charge is 0.317 e. The lowest BCUT2D eigenvalue weighted by molar-refractivity contribution is -0.139. The van der Waals surface area contributed by atoms with E-state index in [2.05, 4.69) is 15.4 Å². The zero-order valence-corrected chi connectivity index (χ0v) is 16.2. The van der Waals surface area contributed by atoms with Crippen molar-refractivity contribution in [3.8, 4) is 11.4 Å². The number of likely N-dealkylation sites (N-methyl/N-ethyl adjacent to an activating group) is 1. The van der Waals surface area contributed by atoms with Crippen LogP contribution in [0.5, 0.6) is 0 Å². The van der Waals surface area contributed by atoms with E-state index < -0.39 is 12.0 Å². The van der Waals surface area contributed by atoms with Crippen molar-refractivity contribution in [3.05, 3.63) is 30.3 Å². The molecule has 1 aromatic carbocycles. The Kier molecular flexibility index (Phi) is 6.35. The van der Waals surface area contributed by atoms with Crippen LogP contribution in [-0.4, -0.2) is 79.7 Å². The van der Waals surface area contributed by atoms with Crippen LogP contribution < -0.4 is 0 Å². The lowest BCUT2D eigenvalue weighted by Crippen LogP contribution is -2.39. The number of tetrazole rings is 1. The molecule has 0 bridgehead atoms. The van der Waals surface area contributed by atoms with Gasteiger partial charge in [-0.05, 0) is 38.4 Å². The topological polar surface area (TPSA) is 104 Å². The number of likely N-dealkylation sites (tertiary alicyclic amines) is 1. The Morgan fingerprint density at radius 1 is 1.25 bits per heavy atom. The summed E-state index contributed by atoms with van der Waals surface area (Å²) in [5.74, 6) is -0.384. The number of hydrogen-bond acceptors (Lipinski definition) is 6. The molecule has 1 amide bonds. The lowest BCUT2D eigenvalue weighted by atomic mass is 10.1. The van der Waals surface area contributed by atoms with E-state index >= 15 is 0 Å². The number of carboxylic acid groups (broad SMARTS) is 1. The molecule has 0 saturated carbocycles. The first-order chi connectivity index (χ1) is 13.5. The molecule has 150 valence electrons. The number of aromatic nitrogens is 4. The average Bonchev–Trinajstić information content (AvgIpc) is 3.05. The van der Waals surface area contributed by atoms with Crippen LogP contribution in [0.2, 0.25) is 0 Å².